The summed E-state index contributed by atoms with van der Waals surface area (Å²) in [6.45, 7) is 5.50. The predicted octanol–water partition coefficient (Wildman–Crippen LogP) is 2.68. The minimum absolute atomic E-state index is 0.0470. The van der Waals surface area contributed by atoms with E-state index in [1.54, 1.807) is 14.2 Å². The summed E-state index contributed by atoms with van der Waals surface area (Å²) < 4.78 is 11.0. The lowest BCUT2D eigenvalue weighted by Crippen LogP contribution is -3.11. The molecule has 1 aliphatic rings. The van der Waals surface area contributed by atoms with E-state index in [1.807, 2.05) is 37.3 Å². The van der Waals surface area contributed by atoms with Crippen molar-refractivity contribution in [3.63, 3.8) is 0 Å². The maximum atomic E-state index is 12.7. The van der Waals surface area contributed by atoms with Crippen LogP contribution in [0, 0.1) is 13.8 Å². The summed E-state index contributed by atoms with van der Waals surface area (Å²) in [5, 5.41) is 3.07. The van der Waals surface area contributed by atoms with Gasteiger partial charge in [-0.1, -0.05) is 17.7 Å². The lowest BCUT2D eigenvalue weighted by molar-refractivity contribution is -0.910. The van der Waals surface area contributed by atoms with Crippen molar-refractivity contribution in [1.82, 2.24) is 0 Å². The summed E-state index contributed by atoms with van der Waals surface area (Å²) in [5.74, 6) is 1.72. The Kier molecular flexibility index (Phi) is 6.01. The highest BCUT2D eigenvalue weighted by Crippen LogP contribution is 2.31. The summed E-state index contributed by atoms with van der Waals surface area (Å²) in [7, 11) is 3.36. The van der Waals surface area contributed by atoms with Gasteiger partial charge in [0, 0.05) is 18.5 Å². The molecule has 2 aromatic rings. The SMILES string of the molecule is COc1ccc(OC)c([C@H]2CCC[NH+]2CC(=O)Nc2ccc(C)cc2C)c1. The standard InChI is InChI=1S/C22H28N2O3/c1-15-7-9-19(16(2)12-15)23-22(25)14-24-11-5-6-20(24)18-13-17(26-3)8-10-21(18)27-4/h7-10,12-13,20H,5-6,11,14H2,1-4H3,(H,23,25)/p+1/t20-/m1/s1. The van der Waals surface area contributed by atoms with E-state index in [1.165, 1.54) is 10.5 Å². The zero-order valence-corrected chi connectivity index (χ0v) is 16.6. The van der Waals surface area contributed by atoms with Gasteiger partial charge in [-0.2, -0.15) is 0 Å². The van der Waals surface area contributed by atoms with E-state index in [0.29, 0.717) is 6.54 Å². The first kappa shape index (κ1) is 19.2. The molecule has 0 spiro atoms. The zero-order chi connectivity index (χ0) is 19.4. The number of anilines is 1. The number of quaternary nitrogens is 1. The van der Waals surface area contributed by atoms with Crippen LogP contribution >= 0.6 is 0 Å². The second-order valence-electron chi connectivity index (χ2n) is 7.25. The number of carbonyl (C=O) groups is 1. The zero-order valence-electron chi connectivity index (χ0n) is 16.6. The molecule has 1 aliphatic heterocycles. The molecule has 3 rings (SSSR count). The van der Waals surface area contributed by atoms with Crippen LogP contribution in [0.1, 0.15) is 35.6 Å². The molecule has 0 saturated carbocycles. The number of rotatable bonds is 6. The molecule has 1 amide bonds. The van der Waals surface area contributed by atoms with E-state index in [-0.39, 0.29) is 11.9 Å². The maximum Gasteiger partial charge on any atom is 0.279 e. The van der Waals surface area contributed by atoms with Crippen molar-refractivity contribution in [2.45, 2.75) is 32.7 Å². The average Bonchev–Trinajstić information content (AvgIpc) is 3.11. The fourth-order valence-electron chi connectivity index (χ4n) is 3.96. The quantitative estimate of drug-likeness (QED) is 0.823. The first-order chi connectivity index (χ1) is 13.0. The highest BCUT2D eigenvalue weighted by Gasteiger charge is 2.34. The third kappa shape index (κ3) is 4.42. The van der Waals surface area contributed by atoms with Gasteiger partial charge in [0.05, 0.1) is 26.3 Å². The number of aryl methyl sites for hydroxylation is 2. The molecule has 144 valence electrons. The molecule has 0 aliphatic carbocycles. The fraction of sp³-hybridized carbons (Fsp3) is 0.409. The maximum absolute atomic E-state index is 12.7. The Morgan fingerprint density at radius 3 is 2.67 bits per heavy atom. The second-order valence-corrected chi connectivity index (χ2v) is 7.25. The molecule has 0 radical (unpaired) electrons. The molecule has 2 aromatic carbocycles. The Bertz CT molecular complexity index is 819. The van der Waals surface area contributed by atoms with Gasteiger partial charge in [-0.25, -0.2) is 0 Å². The summed E-state index contributed by atoms with van der Waals surface area (Å²) >= 11 is 0. The van der Waals surface area contributed by atoms with Crippen LogP contribution in [-0.2, 0) is 4.79 Å². The number of hydrogen-bond acceptors (Lipinski definition) is 3. The summed E-state index contributed by atoms with van der Waals surface area (Å²) in [5.41, 5.74) is 4.29. The van der Waals surface area contributed by atoms with Gasteiger partial charge >= 0.3 is 0 Å². The Hall–Kier alpha value is -2.53. The molecule has 2 N–H and O–H groups in total. The topological polar surface area (TPSA) is 52.0 Å². The number of ether oxygens (including phenoxy) is 2. The monoisotopic (exact) mass is 369 g/mol. The van der Waals surface area contributed by atoms with Gasteiger partial charge < -0.3 is 19.7 Å². The van der Waals surface area contributed by atoms with Crippen LogP contribution in [0.4, 0.5) is 5.69 Å². The smallest absolute Gasteiger partial charge is 0.279 e. The van der Waals surface area contributed by atoms with Crippen molar-refractivity contribution in [2.24, 2.45) is 0 Å². The lowest BCUT2D eigenvalue weighted by Gasteiger charge is -2.23. The van der Waals surface area contributed by atoms with Crippen LogP contribution in [0.15, 0.2) is 36.4 Å². The van der Waals surface area contributed by atoms with Crippen LogP contribution in [-0.4, -0.2) is 33.2 Å². The molecule has 2 atom stereocenters. The van der Waals surface area contributed by atoms with Gasteiger partial charge in [0.1, 0.15) is 17.5 Å². The Morgan fingerprint density at radius 1 is 1.15 bits per heavy atom. The Labute approximate surface area is 161 Å². The molecule has 1 heterocycles. The molecule has 1 saturated heterocycles. The summed E-state index contributed by atoms with van der Waals surface area (Å²) in [6, 6.07) is 12.2. The molecule has 1 fully saturated rings. The van der Waals surface area contributed by atoms with Gasteiger partial charge in [-0.15, -0.1) is 0 Å². The molecular weight excluding hydrogens is 340 g/mol. The van der Waals surface area contributed by atoms with Crippen molar-refractivity contribution >= 4 is 11.6 Å². The third-order valence-corrected chi connectivity index (χ3v) is 5.34. The van der Waals surface area contributed by atoms with Crippen LogP contribution < -0.4 is 19.7 Å². The second kappa shape index (κ2) is 8.44. The first-order valence-electron chi connectivity index (χ1n) is 9.45. The minimum Gasteiger partial charge on any atom is -0.497 e. The predicted molar refractivity (Wildman–Crippen MR) is 107 cm³/mol. The number of carbonyl (C=O) groups excluding carboxylic acids is 1. The Morgan fingerprint density at radius 2 is 1.96 bits per heavy atom. The van der Waals surface area contributed by atoms with E-state index in [0.717, 1.165) is 47.7 Å². The van der Waals surface area contributed by atoms with Crippen LogP contribution in [0.5, 0.6) is 11.5 Å². The van der Waals surface area contributed by atoms with Gasteiger partial charge in [-0.05, 0) is 43.7 Å². The molecule has 27 heavy (non-hydrogen) atoms. The lowest BCUT2D eigenvalue weighted by atomic mass is 10.0. The molecule has 0 bridgehead atoms. The number of benzene rings is 2. The molecule has 5 nitrogen and oxygen atoms in total. The average molecular weight is 369 g/mol. The number of amides is 1. The molecule has 0 aromatic heterocycles. The van der Waals surface area contributed by atoms with Crippen molar-refractivity contribution in [3.8, 4) is 11.5 Å². The number of nitrogens with one attached hydrogen (secondary N) is 2. The van der Waals surface area contributed by atoms with Crippen LogP contribution in [0.2, 0.25) is 0 Å². The van der Waals surface area contributed by atoms with Crippen molar-refractivity contribution in [3.05, 3.63) is 53.1 Å². The summed E-state index contributed by atoms with van der Waals surface area (Å²) in [6.07, 6.45) is 2.13. The molecular formula is C22H29N2O3+. The molecule has 1 unspecified atom stereocenters. The van der Waals surface area contributed by atoms with E-state index < -0.39 is 0 Å². The van der Waals surface area contributed by atoms with Gasteiger partial charge in [0.2, 0.25) is 0 Å². The van der Waals surface area contributed by atoms with Gasteiger partial charge in [0.15, 0.2) is 6.54 Å². The van der Waals surface area contributed by atoms with E-state index in [2.05, 4.69) is 18.3 Å². The molecule has 5 heteroatoms. The van der Waals surface area contributed by atoms with Crippen LogP contribution in [0.25, 0.3) is 0 Å². The largest absolute Gasteiger partial charge is 0.497 e. The normalized spacial score (nSPS) is 19.0. The summed E-state index contributed by atoms with van der Waals surface area (Å²) in [4.78, 5) is 13.9. The highest BCUT2D eigenvalue weighted by atomic mass is 16.5. The van der Waals surface area contributed by atoms with Crippen molar-refractivity contribution in [2.75, 3.05) is 32.6 Å². The first-order valence-corrected chi connectivity index (χ1v) is 9.45. The van der Waals surface area contributed by atoms with Crippen molar-refractivity contribution in [1.29, 1.82) is 0 Å². The van der Waals surface area contributed by atoms with Crippen molar-refractivity contribution < 1.29 is 19.2 Å². The number of likely N-dealkylation sites (tertiary alicyclic amines) is 1. The number of hydrogen-bond donors (Lipinski definition) is 2. The van der Waals surface area contributed by atoms with E-state index >= 15 is 0 Å². The minimum atomic E-state index is 0.0470. The van der Waals surface area contributed by atoms with E-state index in [4.69, 9.17) is 9.47 Å². The van der Waals surface area contributed by atoms with E-state index in [9.17, 15) is 4.79 Å². The highest BCUT2D eigenvalue weighted by molar-refractivity contribution is 5.92. The number of methoxy groups -OCH3 is 2. The van der Waals surface area contributed by atoms with Crippen LogP contribution in [0.3, 0.4) is 0 Å². The van der Waals surface area contributed by atoms with Gasteiger partial charge in [-0.3, -0.25) is 4.79 Å². The van der Waals surface area contributed by atoms with Gasteiger partial charge in [0.25, 0.3) is 5.91 Å². The fourth-order valence-corrected chi connectivity index (χ4v) is 3.96. The third-order valence-electron chi connectivity index (χ3n) is 5.34. The Balaban J connectivity index is 1.74.